The van der Waals surface area contributed by atoms with Crippen LogP contribution < -0.4 is 0 Å². The van der Waals surface area contributed by atoms with Crippen LogP contribution >= 0.6 is 0 Å². The molecule has 2 fully saturated rings. The first kappa shape index (κ1) is 12.0. The fourth-order valence-electron chi connectivity index (χ4n) is 3.85. The maximum Gasteiger partial charge on any atom is 0.334 e. The van der Waals surface area contributed by atoms with Gasteiger partial charge in [0.15, 0.2) is 0 Å². The van der Waals surface area contributed by atoms with Crippen molar-refractivity contribution in [2.45, 2.75) is 45.3 Å². The van der Waals surface area contributed by atoms with Crippen molar-refractivity contribution in [1.29, 1.82) is 0 Å². The molecule has 0 aromatic rings. The van der Waals surface area contributed by atoms with Crippen molar-refractivity contribution in [2.24, 2.45) is 17.3 Å². The summed E-state index contributed by atoms with van der Waals surface area (Å²) < 4.78 is 5.38. The fraction of sp³-hybridized carbons (Fsp3) is 0.667. The molecule has 0 radical (unpaired) electrons. The first-order valence-electron chi connectivity index (χ1n) is 6.71. The predicted molar refractivity (Wildman–Crippen MR) is 67.7 cm³/mol. The molecule has 3 aliphatic rings. The quantitative estimate of drug-likeness (QED) is 0.406. The van der Waals surface area contributed by atoms with Gasteiger partial charge in [0, 0.05) is 17.9 Å². The average Bonchev–Trinajstić information content (AvgIpc) is 2.54. The fourth-order valence-corrected chi connectivity index (χ4v) is 3.85. The number of rotatable bonds is 0. The number of aliphatic hydroxyl groups excluding tert-OH is 1. The molecule has 1 aliphatic heterocycles. The van der Waals surface area contributed by atoms with Gasteiger partial charge in [-0.05, 0) is 24.2 Å². The van der Waals surface area contributed by atoms with Crippen LogP contribution in [0.3, 0.4) is 0 Å². The molecule has 1 saturated carbocycles. The van der Waals surface area contributed by atoms with Crippen molar-refractivity contribution >= 4 is 5.97 Å². The molecule has 0 aromatic carbocycles. The van der Waals surface area contributed by atoms with E-state index in [-0.39, 0.29) is 29.5 Å². The minimum Gasteiger partial charge on any atom is -0.458 e. The molecule has 3 rings (SSSR count). The molecular formula is C15H20O3. The van der Waals surface area contributed by atoms with E-state index in [9.17, 15) is 9.90 Å². The summed E-state index contributed by atoms with van der Waals surface area (Å²) in [7, 11) is 0. The minimum absolute atomic E-state index is 0.0539. The van der Waals surface area contributed by atoms with E-state index in [1.54, 1.807) is 0 Å². The zero-order chi connectivity index (χ0) is 13.1. The monoisotopic (exact) mass is 248 g/mol. The predicted octanol–water partition coefficient (Wildman–Crippen LogP) is 2.21. The van der Waals surface area contributed by atoms with E-state index in [2.05, 4.69) is 20.4 Å². The number of hydrogen-bond donors (Lipinski definition) is 1. The summed E-state index contributed by atoms with van der Waals surface area (Å²) in [6.07, 6.45) is 4.06. The summed E-state index contributed by atoms with van der Waals surface area (Å²) in [5, 5.41) is 9.88. The maximum atomic E-state index is 11.6. The summed E-state index contributed by atoms with van der Waals surface area (Å²) in [5.74, 6) is 0.357. The minimum atomic E-state index is -0.347. The number of ether oxygens (including phenoxy) is 1. The summed E-state index contributed by atoms with van der Waals surface area (Å²) in [6.45, 7) is 8.33. The lowest BCUT2D eigenvalue weighted by Gasteiger charge is -2.48. The second-order valence-electron chi connectivity index (χ2n) is 6.30. The molecule has 0 spiro atoms. The maximum absolute atomic E-state index is 11.6. The smallest absolute Gasteiger partial charge is 0.334 e. The van der Waals surface area contributed by atoms with Gasteiger partial charge in [-0.25, -0.2) is 4.79 Å². The van der Waals surface area contributed by atoms with Crippen molar-refractivity contribution in [1.82, 2.24) is 0 Å². The third-order valence-corrected chi connectivity index (χ3v) is 5.29. The molecular weight excluding hydrogens is 228 g/mol. The lowest BCUT2D eigenvalue weighted by Crippen LogP contribution is -2.43. The van der Waals surface area contributed by atoms with Crippen LogP contribution in [0.25, 0.3) is 0 Å². The zero-order valence-electron chi connectivity index (χ0n) is 11.0. The highest BCUT2D eigenvalue weighted by molar-refractivity contribution is 5.91. The van der Waals surface area contributed by atoms with Gasteiger partial charge in [-0.15, -0.1) is 0 Å². The molecule has 3 heteroatoms. The van der Waals surface area contributed by atoms with Crippen LogP contribution in [-0.4, -0.2) is 23.3 Å². The topological polar surface area (TPSA) is 46.5 Å². The highest BCUT2D eigenvalue weighted by atomic mass is 16.6. The highest BCUT2D eigenvalue weighted by Gasteiger charge is 2.52. The van der Waals surface area contributed by atoms with E-state index in [0.29, 0.717) is 11.5 Å². The lowest BCUT2D eigenvalue weighted by molar-refractivity contribution is -0.139. The van der Waals surface area contributed by atoms with E-state index in [0.717, 1.165) is 19.3 Å². The van der Waals surface area contributed by atoms with Gasteiger partial charge in [-0.3, -0.25) is 0 Å². The highest BCUT2D eigenvalue weighted by Crippen LogP contribution is 2.55. The number of hydrogen-bond acceptors (Lipinski definition) is 3. The lowest BCUT2D eigenvalue weighted by atomic mass is 9.57. The molecule has 18 heavy (non-hydrogen) atoms. The molecule has 1 heterocycles. The molecule has 5 unspecified atom stereocenters. The van der Waals surface area contributed by atoms with Crippen molar-refractivity contribution < 1.29 is 14.6 Å². The number of carbonyl (C=O) groups is 1. The summed E-state index contributed by atoms with van der Waals surface area (Å²) in [4.78, 5) is 11.6. The van der Waals surface area contributed by atoms with Crippen LogP contribution in [0, 0.1) is 17.3 Å². The molecule has 5 atom stereocenters. The van der Waals surface area contributed by atoms with Gasteiger partial charge < -0.3 is 9.84 Å². The van der Waals surface area contributed by atoms with Crippen molar-refractivity contribution in [3.8, 4) is 0 Å². The Kier molecular flexibility index (Phi) is 2.46. The summed E-state index contributed by atoms with van der Waals surface area (Å²) in [6, 6.07) is 0. The SMILES string of the molecule is C=C1C(=O)OC2CC3=CC(O)CC(C)C3(C)CC12. The van der Waals surface area contributed by atoms with Crippen LogP contribution in [-0.2, 0) is 9.53 Å². The standard InChI is InChI=1S/C15H20O3/c1-8-4-11(16)5-10-6-13-12(7-15(8,10)3)9(2)14(17)18-13/h5,8,11-13,16H,2,4,6-7H2,1,3H3. The average molecular weight is 248 g/mol. The Hall–Kier alpha value is -1.09. The Morgan fingerprint density at radius 1 is 1.56 bits per heavy atom. The zero-order valence-corrected chi connectivity index (χ0v) is 11.0. The van der Waals surface area contributed by atoms with Crippen molar-refractivity contribution in [2.75, 3.05) is 0 Å². The second-order valence-corrected chi connectivity index (χ2v) is 6.30. The molecule has 0 bridgehead atoms. The van der Waals surface area contributed by atoms with Gasteiger partial charge in [0.1, 0.15) is 6.10 Å². The molecule has 0 amide bonds. The molecule has 1 N–H and O–H groups in total. The van der Waals surface area contributed by atoms with Gasteiger partial charge in [-0.2, -0.15) is 0 Å². The van der Waals surface area contributed by atoms with E-state index < -0.39 is 0 Å². The Balaban J connectivity index is 1.97. The van der Waals surface area contributed by atoms with Gasteiger partial charge >= 0.3 is 5.97 Å². The molecule has 3 nitrogen and oxygen atoms in total. The third kappa shape index (κ3) is 1.50. The second kappa shape index (κ2) is 3.70. The van der Waals surface area contributed by atoms with E-state index in [4.69, 9.17) is 4.74 Å². The number of carbonyl (C=O) groups excluding carboxylic acids is 1. The van der Waals surface area contributed by atoms with E-state index in [1.165, 1.54) is 5.57 Å². The molecule has 1 saturated heterocycles. The number of aliphatic hydroxyl groups is 1. The first-order chi connectivity index (χ1) is 8.41. The Bertz CT molecular complexity index is 451. The largest absolute Gasteiger partial charge is 0.458 e. The van der Waals surface area contributed by atoms with Crippen LogP contribution in [0.2, 0.25) is 0 Å². The summed E-state index contributed by atoms with van der Waals surface area (Å²) >= 11 is 0. The Labute approximate surface area is 108 Å². The van der Waals surface area contributed by atoms with Gasteiger partial charge in [0.2, 0.25) is 0 Å². The van der Waals surface area contributed by atoms with Crippen LogP contribution in [0.4, 0.5) is 0 Å². The number of esters is 1. The Morgan fingerprint density at radius 3 is 3.00 bits per heavy atom. The van der Waals surface area contributed by atoms with Crippen molar-refractivity contribution in [3.63, 3.8) is 0 Å². The first-order valence-corrected chi connectivity index (χ1v) is 6.71. The van der Waals surface area contributed by atoms with E-state index in [1.807, 2.05) is 6.08 Å². The molecule has 0 aromatic heterocycles. The van der Waals surface area contributed by atoms with Gasteiger partial charge in [0.25, 0.3) is 0 Å². The van der Waals surface area contributed by atoms with Crippen molar-refractivity contribution in [3.05, 3.63) is 23.8 Å². The molecule has 98 valence electrons. The third-order valence-electron chi connectivity index (χ3n) is 5.29. The van der Waals surface area contributed by atoms with Gasteiger partial charge in [-0.1, -0.05) is 32.1 Å². The summed E-state index contributed by atoms with van der Waals surface area (Å²) in [5.41, 5.74) is 1.98. The Morgan fingerprint density at radius 2 is 2.28 bits per heavy atom. The molecule has 2 aliphatic carbocycles. The van der Waals surface area contributed by atoms with Crippen LogP contribution in [0.5, 0.6) is 0 Å². The normalized spacial score (nSPS) is 47.2. The van der Waals surface area contributed by atoms with Crippen LogP contribution in [0.1, 0.15) is 33.1 Å². The number of fused-ring (bicyclic) bond motifs is 2. The van der Waals surface area contributed by atoms with Crippen LogP contribution in [0.15, 0.2) is 23.8 Å². The van der Waals surface area contributed by atoms with E-state index >= 15 is 0 Å². The van der Waals surface area contributed by atoms with Gasteiger partial charge in [0.05, 0.1) is 6.10 Å².